The largest absolute Gasteiger partial charge is 0.379 e. The van der Waals surface area contributed by atoms with Crippen molar-refractivity contribution in [3.63, 3.8) is 0 Å². The molecule has 0 radical (unpaired) electrons. The molecule has 3 aromatic rings. The molecule has 0 saturated carbocycles. The van der Waals surface area contributed by atoms with Crippen LogP contribution in [0.25, 0.3) is 16.9 Å². The van der Waals surface area contributed by atoms with E-state index in [1.807, 2.05) is 18.2 Å². The SMILES string of the molecule is C=CCn1c(-c2ccccc2Cl)cn2cc(C(=O)NC3CCCOC3)nc2c1=O. The lowest BCUT2D eigenvalue weighted by atomic mass is 10.1. The Morgan fingerprint density at radius 1 is 1.38 bits per heavy atom. The van der Waals surface area contributed by atoms with Gasteiger partial charge in [0.15, 0.2) is 0 Å². The Hall–Kier alpha value is -2.90. The number of ether oxygens (including phenoxy) is 1. The minimum absolute atomic E-state index is 0.0443. The van der Waals surface area contributed by atoms with Crippen LogP contribution < -0.4 is 10.9 Å². The van der Waals surface area contributed by atoms with Crippen LogP contribution >= 0.6 is 11.6 Å². The number of carbonyl (C=O) groups excluding carboxylic acids is 1. The van der Waals surface area contributed by atoms with Crippen LogP contribution in [0.3, 0.4) is 0 Å². The summed E-state index contributed by atoms with van der Waals surface area (Å²) in [5, 5.41) is 3.45. The molecule has 1 atom stereocenters. The molecule has 1 aliphatic heterocycles. The van der Waals surface area contributed by atoms with Crippen molar-refractivity contribution in [3.05, 3.63) is 70.4 Å². The van der Waals surface area contributed by atoms with Gasteiger partial charge in [0.2, 0.25) is 5.65 Å². The number of benzene rings is 1. The Bertz CT molecular complexity index is 1130. The number of nitrogens with one attached hydrogen (secondary N) is 1. The maximum Gasteiger partial charge on any atom is 0.295 e. The van der Waals surface area contributed by atoms with Crippen LogP contribution in [0.4, 0.5) is 0 Å². The second-order valence-electron chi connectivity index (χ2n) is 6.94. The van der Waals surface area contributed by atoms with E-state index in [-0.39, 0.29) is 28.8 Å². The van der Waals surface area contributed by atoms with Gasteiger partial charge in [-0.3, -0.25) is 18.6 Å². The average Bonchev–Trinajstić information content (AvgIpc) is 3.16. The lowest BCUT2D eigenvalue weighted by Crippen LogP contribution is -2.40. The number of aromatic nitrogens is 3. The number of carbonyl (C=O) groups is 1. The smallest absolute Gasteiger partial charge is 0.295 e. The zero-order valence-corrected chi connectivity index (χ0v) is 16.6. The van der Waals surface area contributed by atoms with Crippen molar-refractivity contribution in [3.8, 4) is 11.3 Å². The lowest BCUT2D eigenvalue weighted by molar-refractivity contribution is 0.0622. The third-order valence-corrected chi connectivity index (χ3v) is 5.24. The first-order valence-corrected chi connectivity index (χ1v) is 9.83. The third kappa shape index (κ3) is 3.83. The minimum atomic E-state index is -0.321. The number of hydrogen-bond donors (Lipinski definition) is 1. The Labute approximate surface area is 172 Å². The topological polar surface area (TPSA) is 77.6 Å². The summed E-state index contributed by atoms with van der Waals surface area (Å²) in [5.41, 5.74) is 1.39. The van der Waals surface area contributed by atoms with Gasteiger partial charge in [-0.05, 0) is 18.9 Å². The van der Waals surface area contributed by atoms with Gasteiger partial charge in [0.1, 0.15) is 5.69 Å². The molecule has 1 unspecified atom stereocenters. The zero-order valence-electron chi connectivity index (χ0n) is 15.8. The summed E-state index contributed by atoms with van der Waals surface area (Å²) in [6.07, 6.45) is 6.73. The second-order valence-corrected chi connectivity index (χ2v) is 7.35. The first-order chi connectivity index (χ1) is 14.1. The molecule has 0 bridgehead atoms. The number of amides is 1. The van der Waals surface area contributed by atoms with E-state index >= 15 is 0 Å². The van der Waals surface area contributed by atoms with E-state index in [2.05, 4.69) is 16.9 Å². The van der Waals surface area contributed by atoms with Crippen molar-refractivity contribution < 1.29 is 9.53 Å². The number of fused-ring (bicyclic) bond motifs is 1. The maximum atomic E-state index is 13.1. The highest BCUT2D eigenvalue weighted by atomic mass is 35.5. The Morgan fingerprint density at radius 2 is 2.21 bits per heavy atom. The van der Waals surface area contributed by atoms with Crippen molar-refractivity contribution in [1.82, 2.24) is 19.3 Å². The highest BCUT2D eigenvalue weighted by molar-refractivity contribution is 6.33. The van der Waals surface area contributed by atoms with Gasteiger partial charge in [-0.1, -0.05) is 35.9 Å². The zero-order chi connectivity index (χ0) is 20.4. The van der Waals surface area contributed by atoms with Crippen molar-refractivity contribution >= 4 is 23.2 Å². The highest BCUT2D eigenvalue weighted by Crippen LogP contribution is 2.27. The number of nitrogens with zero attached hydrogens (tertiary/aromatic N) is 3. The molecular weight excluding hydrogens is 392 g/mol. The number of imidazole rings is 1. The third-order valence-electron chi connectivity index (χ3n) is 4.91. The van der Waals surface area contributed by atoms with Crippen LogP contribution in [-0.2, 0) is 11.3 Å². The average molecular weight is 413 g/mol. The Balaban J connectivity index is 1.77. The van der Waals surface area contributed by atoms with E-state index < -0.39 is 0 Å². The van der Waals surface area contributed by atoms with Crippen LogP contribution in [-0.4, -0.2) is 39.1 Å². The van der Waals surface area contributed by atoms with Crippen molar-refractivity contribution in [2.24, 2.45) is 0 Å². The highest BCUT2D eigenvalue weighted by Gasteiger charge is 2.21. The molecular formula is C21H21ClN4O3. The molecule has 1 N–H and O–H groups in total. The van der Waals surface area contributed by atoms with E-state index in [1.54, 1.807) is 33.5 Å². The van der Waals surface area contributed by atoms with E-state index in [1.165, 1.54) is 0 Å². The van der Waals surface area contributed by atoms with Gasteiger partial charge in [-0.25, -0.2) is 4.98 Å². The van der Waals surface area contributed by atoms with Crippen LogP contribution in [0.5, 0.6) is 0 Å². The second kappa shape index (κ2) is 8.23. The van der Waals surface area contributed by atoms with Crippen LogP contribution in [0.2, 0.25) is 5.02 Å². The Morgan fingerprint density at radius 3 is 2.93 bits per heavy atom. The molecule has 2 aromatic heterocycles. The van der Waals surface area contributed by atoms with Gasteiger partial charge in [-0.2, -0.15) is 0 Å². The van der Waals surface area contributed by atoms with Crippen LogP contribution in [0.15, 0.2) is 54.1 Å². The number of hydrogen-bond acceptors (Lipinski definition) is 4. The first kappa shape index (κ1) is 19.4. The molecule has 29 heavy (non-hydrogen) atoms. The van der Waals surface area contributed by atoms with Gasteiger partial charge in [0.05, 0.1) is 18.3 Å². The standard InChI is InChI=1S/C21H21ClN4O3/c1-2-9-26-18(15-7-3-4-8-16(15)22)12-25-11-17(24-19(25)21(26)28)20(27)23-14-6-5-10-29-13-14/h2-4,7-8,11-12,14H,1,5-6,9-10,13H2,(H,23,27). The normalized spacial score (nSPS) is 16.7. The fourth-order valence-corrected chi connectivity index (χ4v) is 3.73. The predicted octanol–water partition coefficient (Wildman–Crippen LogP) is 2.91. The van der Waals surface area contributed by atoms with Gasteiger partial charge in [0, 0.05) is 36.1 Å². The molecule has 4 rings (SSSR count). The van der Waals surface area contributed by atoms with E-state index in [0.717, 1.165) is 12.8 Å². The molecule has 0 aliphatic carbocycles. The number of rotatable bonds is 5. The predicted molar refractivity (Wildman–Crippen MR) is 111 cm³/mol. The molecule has 1 aromatic carbocycles. The molecule has 8 heteroatoms. The van der Waals surface area contributed by atoms with Gasteiger partial charge < -0.3 is 10.1 Å². The minimum Gasteiger partial charge on any atom is -0.379 e. The molecule has 150 valence electrons. The summed E-state index contributed by atoms with van der Waals surface area (Å²) in [6.45, 7) is 5.24. The maximum absolute atomic E-state index is 13.1. The fraction of sp³-hybridized carbons (Fsp3) is 0.286. The van der Waals surface area contributed by atoms with Crippen LogP contribution in [0, 0.1) is 0 Å². The summed E-state index contributed by atoms with van der Waals surface area (Å²) >= 11 is 6.36. The van der Waals surface area contributed by atoms with Crippen LogP contribution in [0.1, 0.15) is 23.3 Å². The molecule has 1 aliphatic rings. The van der Waals surface area contributed by atoms with Gasteiger partial charge >= 0.3 is 0 Å². The summed E-state index contributed by atoms with van der Waals surface area (Å²) in [6, 6.07) is 7.25. The first-order valence-electron chi connectivity index (χ1n) is 9.45. The molecule has 1 amide bonds. The lowest BCUT2D eigenvalue weighted by Gasteiger charge is -2.22. The molecule has 3 heterocycles. The van der Waals surface area contributed by atoms with Crippen molar-refractivity contribution in [1.29, 1.82) is 0 Å². The summed E-state index contributed by atoms with van der Waals surface area (Å²) in [5.74, 6) is -0.321. The summed E-state index contributed by atoms with van der Waals surface area (Å²) < 4.78 is 8.52. The van der Waals surface area contributed by atoms with E-state index in [0.29, 0.717) is 36.0 Å². The number of allylic oxidation sites excluding steroid dienone is 1. The number of halogens is 1. The van der Waals surface area contributed by atoms with E-state index in [4.69, 9.17) is 16.3 Å². The molecule has 1 fully saturated rings. The molecule has 7 nitrogen and oxygen atoms in total. The summed E-state index contributed by atoms with van der Waals surface area (Å²) in [4.78, 5) is 30.0. The quantitative estimate of drug-likeness (QED) is 0.653. The fourth-order valence-electron chi connectivity index (χ4n) is 3.50. The summed E-state index contributed by atoms with van der Waals surface area (Å²) in [7, 11) is 0. The monoisotopic (exact) mass is 412 g/mol. The molecule has 0 spiro atoms. The Kier molecular flexibility index (Phi) is 5.51. The van der Waals surface area contributed by atoms with Crippen molar-refractivity contribution in [2.75, 3.05) is 13.2 Å². The van der Waals surface area contributed by atoms with Crippen molar-refractivity contribution in [2.45, 2.75) is 25.4 Å². The van der Waals surface area contributed by atoms with Gasteiger partial charge in [-0.15, -0.1) is 6.58 Å². The molecule has 1 saturated heterocycles. The van der Waals surface area contributed by atoms with Gasteiger partial charge in [0.25, 0.3) is 11.5 Å². The van der Waals surface area contributed by atoms with E-state index in [9.17, 15) is 9.59 Å².